The van der Waals surface area contributed by atoms with E-state index in [9.17, 15) is 22.9 Å². The Kier molecular flexibility index (Phi) is 32.2. The number of carbonyl (C=O) groups excluding carboxylic acids is 1. The molecule has 0 heterocycles. The van der Waals surface area contributed by atoms with Crippen molar-refractivity contribution in [3.63, 3.8) is 0 Å². The first kappa shape index (κ1) is 45.3. The van der Waals surface area contributed by atoms with Gasteiger partial charge in [-0.15, -0.1) is 0 Å². The molecular weight excluding hydrogens is 619 g/mol. The fourth-order valence-electron chi connectivity index (χ4n) is 4.76. The lowest BCUT2D eigenvalue weighted by Gasteiger charge is -2.21. The SMILES string of the molecule is CC/C=C\C/C=C\C/C=C\C/C=C\C/C=C\C/C=C\CCCCCCC(=O)NC(CS(=O)(=O)O)C(O)/C=C/CC/C=C/CCCCCC. The Labute approximate surface area is 294 Å². The van der Waals surface area contributed by atoms with Crippen LogP contribution < -0.4 is 5.32 Å². The molecule has 0 aliphatic rings. The van der Waals surface area contributed by atoms with Crippen molar-refractivity contribution >= 4 is 16.0 Å². The van der Waals surface area contributed by atoms with Crippen molar-refractivity contribution in [2.75, 3.05) is 5.75 Å². The molecule has 6 nitrogen and oxygen atoms in total. The molecule has 48 heavy (non-hydrogen) atoms. The third kappa shape index (κ3) is 34.6. The van der Waals surface area contributed by atoms with Crippen molar-refractivity contribution in [3.8, 4) is 0 Å². The topological polar surface area (TPSA) is 104 Å². The van der Waals surface area contributed by atoms with Crippen LogP contribution in [-0.2, 0) is 14.9 Å². The van der Waals surface area contributed by atoms with Crippen LogP contribution in [0.2, 0.25) is 0 Å². The Morgan fingerprint density at radius 1 is 0.583 bits per heavy atom. The second-order valence-electron chi connectivity index (χ2n) is 12.1. The molecule has 272 valence electrons. The van der Waals surface area contributed by atoms with Crippen LogP contribution in [0, 0.1) is 0 Å². The summed E-state index contributed by atoms with van der Waals surface area (Å²) < 4.78 is 32.3. The van der Waals surface area contributed by atoms with Gasteiger partial charge in [0, 0.05) is 6.42 Å². The molecule has 3 N–H and O–H groups in total. The van der Waals surface area contributed by atoms with Crippen LogP contribution in [-0.4, -0.2) is 41.9 Å². The second-order valence-corrected chi connectivity index (χ2v) is 13.6. The third-order valence-corrected chi connectivity index (χ3v) is 8.27. The number of hydrogen-bond acceptors (Lipinski definition) is 4. The smallest absolute Gasteiger partial charge is 0.267 e. The molecule has 0 bridgehead atoms. The number of hydrogen-bond donors (Lipinski definition) is 3. The monoisotopic (exact) mass is 685 g/mol. The first-order valence-electron chi connectivity index (χ1n) is 18.4. The maximum Gasteiger partial charge on any atom is 0.267 e. The van der Waals surface area contributed by atoms with E-state index in [1.807, 2.05) is 0 Å². The fourth-order valence-corrected chi connectivity index (χ4v) is 5.49. The van der Waals surface area contributed by atoms with Gasteiger partial charge in [0.15, 0.2) is 0 Å². The molecule has 0 aromatic heterocycles. The number of rotatable bonds is 31. The summed E-state index contributed by atoms with van der Waals surface area (Å²) in [6.07, 6.45) is 51.1. The van der Waals surface area contributed by atoms with Crippen molar-refractivity contribution in [1.82, 2.24) is 5.32 Å². The van der Waals surface area contributed by atoms with E-state index < -0.39 is 28.0 Å². The zero-order valence-corrected chi connectivity index (χ0v) is 30.9. The van der Waals surface area contributed by atoms with Gasteiger partial charge >= 0.3 is 0 Å². The minimum Gasteiger partial charge on any atom is -0.387 e. The van der Waals surface area contributed by atoms with Gasteiger partial charge in [0.05, 0.1) is 17.9 Å². The first-order chi connectivity index (χ1) is 23.3. The van der Waals surface area contributed by atoms with Gasteiger partial charge in [-0.3, -0.25) is 9.35 Å². The summed E-state index contributed by atoms with van der Waals surface area (Å²) in [4.78, 5) is 12.4. The van der Waals surface area contributed by atoms with Gasteiger partial charge in [0.2, 0.25) is 5.91 Å². The lowest BCUT2D eigenvalue weighted by Crippen LogP contribution is -2.46. The van der Waals surface area contributed by atoms with Gasteiger partial charge < -0.3 is 10.4 Å². The van der Waals surface area contributed by atoms with E-state index in [0.29, 0.717) is 12.8 Å². The van der Waals surface area contributed by atoms with Gasteiger partial charge in [-0.1, -0.05) is 143 Å². The van der Waals surface area contributed by atoms with E-state index in [1.165, 1.54) is 31.8 Å². The molecule has 0 saturated carbocycles. The Morgan fingerprint density at radius 3 is 1.54 bits per heavy atom. The molecule has 2 unspecified atom stereocenters. The standard InChI is InChI=1S/C41H67NO5S/c1-3-5-7-9-11-13-15-16-17-18-19-20-21-22-23-24-25-26-27-29-31-33-35-37-41(44)42-39(38-48(45,46)47)40(43)36-34-32-30-28-14-12-10-8-6-4-2/h5,7,11,13-14,16-17,19-20,22-23,25-26,28,34,36,39-40,43H,3-4,6,8-10,12,15,18,21,24,27,29-33,35,37-38H2,1-2H3,(H,42,44)(H,45,46,47)/b7-5-,13-11-,17-16-,20-19-,23-22-,26-25-,28-14+,36-34+. The maximum absolute atomic E-state index is 12.4. The highest BCUT2D eigenvalue weighted by molar-refractivity contribution is 7.85. The van der Waals surface area contributed by atoms with E-state index in [-0.39, 0.29) is 12.3 Å². The summed E-state index contributed by atoms with van der Waals surface area (Å²) in [5, 5.41) is 13.1. The Bertz CT molecular complexity index is 1110. The Hall–Kier alpha value is -2.74. The van der Waals surface area contributed by atoms with Crippen LogP contribution >= 0.6 is 0 Å². The van der Waals surface area contributed by atoms with Crippen LogP contribution in [0.25, 0.3) is 0 Å². The zero-order valence-electron chi connectivity index (χ0n) is 30.1. The summed E-state index contributed by atoms with van der Waals surface area (Å²) in [6.45, 7) is 4.34. The summed E-state index contributed by atoms with van der Waals surface area (Å²) in [6, 6.07) is -1.09. The average molecular weight is 686 g/mol. The van der Waals surface area contributed by atoms with Crippen molar-refractivity contribution in [2.24, 2.45) is 0 Å². The summed E-state index contributed by atoms with van der Waals surface area (Å²) in [7, 11) is -4.36. The normalized spacial score (nSPS) is 14.5. The van der Waals surface area contributed by atoms with Crippen LogP contribution in [0.5, 0.6) is 0 Å². The average Bonchev–Trinajstić information content (AvgIpc) is 3.05. The molecular formula is C41H67NO5S. The number of carbonyl (C=O) groups is 1. The molecule has 0 spiro atoms. The van der Waals surface area contributed by atoms with Gasteiger partial charge in [-0.2, -0.15) is 8.42 Å². The molecule has 0 aromatic carbocycles. The molecule has 0 saturated heterocycles. The predicted octanol–water partition coefficient (Wildman–Crippen LogP) is 10.6. The Morgan fingerprint density at radius 2 is 1.02 bits per heavy atom. The highest BCUT2D eigenvalue weighted by Gasteiger charge is 2.24. The number of aliphatic hydroxyl groups excluding tert-OH is 1. The fraction of sp³-hybridized carbons (Fsp3) is 0.585. The summed E-state index contributed by atoms with van der Waals surface area (Å²) in [5.41, 5.74) is 0. The lowest BCUT2D eigenvalue weighted by atomic mass is 10.1. The quantitative estimate of drug-likeness (QED) is 0.0383. The van der Waals surface area contributed by atoms with Crippen molar-refractivity contribution in [1.29, 1.82) is 0 Å². The first-order valence-corrected chi connectivity index (χ1v) is 20.0. The summed E-state index contributed by atoms with van der Waals surface area (Å²) in [5.74, 6) is -1.05. The minimum atomic E-state index is -4.36. The number of aliphatic hydroxyl groups is 1. The Balaban J connectivity index is 4.06. The molecule has 0 aliphatic heterocycles. The zero-order chi connectivity index (χ0) is 35.4. The van der Waals surface area contributed by atoms with Gasteiger partial charge in [-0.25, -0.2) is 0 Å². The minimum absolute atomic E-state index is 0.251. The summed E-state index contributed by atoms with van der Waals surface area (Å²) >= 11 is 0. The van der Waals surface area contributed by atoms with Crippen molar-refractivity contribution < 1.29 is 22.9 Å². The third-order valence-electron chi connectivity index (χ3n) is 7.49. The van der Waals surface area contributed by atoms with Crippen molar-refractivity contribution in [3.05, 3.63) is 97.2 Å². The number of allylic oxidation sites excluding steroid dienone is 15. The van der Waals surface area contributed by atoms with Crippen LogP contribution in [0.15, 0.2) is 97.2 Å². The van der Waals surface area contributed by atoms with E-state index in [0.717, 1.165) is 77.0 Å². The van der Waals surface area contributed by atoms with E-state index in [2.05, 4.69) is 104 Å². The highest BCUT2D eigenvalue weighted by atomic mass is 32.2. The number of unbranched alkanes of at least 4 members (excludes halogenated alkanes) is 9. The predicted molar refractivity (Wildman–Crippen MR) is 207 cm³/mol. The number of nitrogens with one attached hydrogen (secondary N) is 1. The molecule has 0 rings (SSSR count). The second kappa shape index (κ2) is 34.1. The molecule has 7 heteroatoms. The molecule has 0 aromatic rings. The van der Waals surface area contributed by atoms with E-state index in [4.69, 9.17) is 0 Å². The molecule has 0 aliphatic carbocycles. The molecule has 0 fully saturated rings. The van der Waals surface area contributed by atoms with Gasteiger partial charge in [-0.05, 0) is 83.5 Å². The van der Waals surface area contributed by atoms with Crippen LogP contribution in [0.4, 0.5) is 0 Å². The maximum atomic E-state index is 12.4. The van der Waals surface area contributed by atoms with Crippen LogP contribution in [0.3, 0.4) is 0 Å². The van der Waals surface area contributed by atoms with Gasteiger partial charge in [0.1, 0.15) is 0 Å². The van der Waals surface area contributed by atoms with Gasteiger partial charge in [0.25, 0.3) is 10.1 Å². The van der Waals surface area contributed by atoms with E-state index in [1.54, 1.807) is 6.08 Å². The lowest BCUT2D eigenvalue weighted by molar-refractivity contribution is -0.122. The molecule has 2 atom stereocenters. The number of amides is 1. The van der Waals surface area contributed by atoms with Crippen LogP contribution in [0.1, 0.15) is 136 Å². The van der Waals surface area contributed by atoms with Crippen molar-refractivity contribution in [2.45, 2.75) is 148 Å². The molecule has 1 amide bonds. The molecule has 0 radical (unpaired) electrons. The largest absolute Gasteiger partial charge is 0.387 e. The van der Waals surface area contributed by atoms with E-state index >= 15 is 0 Å². The highest BCUT2D eigenvalue weighted by Crippen LogP contribution is 2.09.